The van der Waals surface area contributed by atoms with E-state index in [2.05, 4.69) is 32.9 Å². The molecule has 0 radical (unpaired) electrons. The molecule has 0 aliphatic carbocycles. The third-order valence-electron chi connectivity index (χ3n) is 3.59. The molecule has 0 aliphatic rings. The fraction of sp³-hybridized carbons (Fsp3) is 0.263. The van der Waals surface area contributed by atoms with E-state index in [0.29, 0.717) is 5.75 Å². The van der Waals surface area contributed by atoms with Crippen molar-refractivity contribution in [1.29, 1.82) is 0 Å². The Balaban J connectivity index is 2.08. The SMILES string of the molecule is COc1ccc(CS(=O)C=Cc2c(C)cc(C)cc2C)cc1. The molecule has 2 rings (SSSR count). The maximum Gasteiger partial charge on any atom is 0.118 e. The van der Waals surface area contributed by atoms with Crippen LogP contribution < -0.4 is 4.74 Å². The first-order chi connectivity index (χ1) is 10.5. The fourth-order valence-electron chi connectivity index (χ4n) is 2.53. The molecule has 0 saturated carbocycles. The van der Waals surface area contributed by atoms with Crippen LogP contribution in [0.4, 0.5) is 0 Å². The second-order valence-corrected chi connectivity index (χ2v) is 6.81. The van der Waals surface area contributed by atoms with Gasteiger partial charge in [0.05, 0.1) is 23.7 Å². The molecule has 0 spiro atoms. The summed E-state index contributed by atoms with van der Waals surface area (Å²) in [4.78, 5) is 0. The molecule has 0 aliphatic heterocycles. The molecule has 2 nitrogen and oxygen atoms in total. The Bertz CT molecular complexity index is 677. The van der Waals surface area contributed by atoms with Crippen molar-refractivity contribution < 1.29 is 8.95 Å². The summed E-state index contributed by atoms with van der Waals surface area (Å²) in [5, 5.41) is 1.79. The molecule has 0 N–H and O–H groups in total. The second-order valence-electron chi connectivity index (χ2n) is 5.49. The molecule has 22 heavy (non-hydrogen) atoms. The summed E-state index contributed by atoms with van der Waals surface area (Å²) in [6.45, 7) is 6.27. The molecule has 0 fully saturated rings. The quantitative estimate of drug-likeness (QED) is 0.810. The van der Waals surface area contributed by atoms with Crippen molar-refractivity contribution in [3.8, 4) is 5.75 Å². The minimum Gasteiger partial charge on any atom is -0.497 e. The fourth-order valence-corrected chi connectivity index (χ4v) is 3.44. The number of hydrogen-bond acceptors (Lipinski definition) is 2. The lowest BCUT2D eigenvalue weighted by atomic mass is 10.0. The van der Waals surface area contributed by atoms with Crippen molar-refractivity contribution >= 4 is 16.9 Å². The minimum atomic E-state index is -1.02. The molecule has 116 valence electrons. The van der Waals surface area contributed by atoms with Gasteiger partial charge in [-0.2, -0.15) is 0 Å². The van der Waals surface area contributed by atoms with Gasteiger partial charge in [0.1, 0.15) is 5.75 Å². The van der Waals surface area contributed by atoms with Gasteiger partial charge in [0, 0.05) is 5.41 Å². The molecule has 0 amide bonds. The van der Waals surface area contributed by atoms with Crippen LogP contribution in [0, 0.1) is 20.8 Å². The van der Waals surface area contributed by atoms with Gasteiger partial charge in [-0.25, -0.2) is 0 Å². The van der Waals surface area contributed by atoms with E-state index in [1.165, 1.54) is 16.7 Å². The van der Waals surface area contributed by atoms with Gasteiger partial charge in [0.25, 0.3) is 0 Å². The van der Waals surface area contributed by atoms with Crippen molar-refractivity contribution in [2.75, 3.05) is 7.11 Å². The topological polar surface area (TPSA) is 26.3 Å². The number of ether oxygens (including phenoxy) is 1. The average Bonchev–Trinajstić information content (AvgIpc) is 2.47. The Kier molecular flexibility index (Phi) is 5.56. The summed E-state index contributed by atoms with van der Waals surface area (Å²) in [5.74, 6) is 1.33. The largest absolute Gasteiger partial charge is 0.497 e. The standard InChI is InChI=1S/C19H22O2S/c1-14-11-15(2)19(16(3)12-14)9-10-22(20)13-17-5-7-18(21-4)8-6-17/h5-12H,13H2,1-4H3. The van der Waals surface area contributed by atoms with Gasteiger partial charge in [-0.05, 0) is 61.2 Å². The van der Waals surface area contributed by atoms with Crippen LogP contribution in [-0.4, -0.2) is 11.3 Å². The van der Waals surface area contributed by atoms with Crippen LogP contribution in [0.15, 0.2) is 41.8 Å². The van der Waals surface area contributed by atoms with E-state index in [9.17, 15) is 4.21 Å². The van der Waals surface area contributed by atoms with Crippen LogP contribution in [0.3, 0.4) is 0 Å². The zero-order chi connectivity index (χ0) is 16.1. The third-order valence-corrected chi connectivity index (χ3v) is 4.65. The van der Waals surface area contributed by atoms with Gasteiger partial charge >= 0.3 is 0 Å². The monoisotopic (exact) mass is 314 g/mol. The number of hydrogen-bond donors (Lipinski definition) is 0. The molecule has 3 heteroatoms. The van der Waals surface area contributed by atoms with Crippen LogP contribution in [0.5, 0.6) is 5.75 Å². The molecule has 0 bridgehead atoms. The maximum atomic E-state index is 12.2. The lowest BCUT2D eigenvalue weighted by Gasteiger charge is -2.07. The highest BCUT2D eigenvalue weighted by Crippen LogP contribution is 2.19. The van der Waals surface area contributed by atoms with E-state index in [-0.39, 0.29) is 0 Å². The normalized spacial score (nSPS) is 12.5. The van der Waals surface area contributed by atoms with Crippen molar-refractivity contribution in [1.82, 2.24) is 0 Å². The first-order valence-corrected chi connectivity index (χ1v) is 8.64. The van der Waals surface area contributed by atoms with Gasteiger partial charge < -0.3 is 4.74 Å². The predicted molar refractivity (Wildman–Crippen MR) is 94.5 cm³/mol. The number of benzene rings is 2. The van der Waals surface area contributed by atoms with Crippen molar-refractivity contribution in [3.63, 3.8) is 0 Å². The lowest BCUT2D eigenvalue weighted by molar-refractivity contribution is 0.414. The molecular formula is C19H22O2S. The molecule has 2 aromatic rings. The summed E-state index contributed by atoms with van der Waals surface area (Å²) in [6.07, 6.45) is 1.98. The Morgan fingerprint density at radius 2 is 1.64 bits per heavy atom. The lowest BCUT2D eigenvalue weighted by Crippen LogP contribution is -1.93. The molecule has 2 aromatic carbocycles. The van der Waals surface area contributed by atoms with Gasteiger partial charge in [-0.3, -0.25) is 4.21 Å². The smallest absolute Gasteiger partial charge is 0.118 e. The first kappa shape index (κ1) is 16.5. The summed E-state index contributed by atoms with van der Waals surface area (Å²) in [7, 11) is 0.618. The number of methoxy groups -OCH3 is 1. The van der Waals surface area contributed by atoms with Gasteiger partial charge in [0.15, 0.2) is 0 Å². The van der Waals surface area contributed by atoms with Crippen molar-refractivity contribution in [3.05, 3.63) is 69.6 Å². The Labute approximate surface area is 135 Å². The molecule has 1 atom stereocenters. The Morgan fingerprint density at radius 3 is 2.18 bits per heavy atom. The van der Waals surface area contributed by atoms with Gasteiger partial charge in [0.2, 0.25) is 0 Å². The molecular weight excluding hydrogens is 292 g/mol. The highest BCUT2D eigenvalue weighted by atomic mass is 32.2. The zero-order valence-electron chi connectivity index (χ0n) is 13.6. The van der Waals surface area contributed by atoms with E-state index < -0.39 is 10.8 Å². The van der Waals surface area contributed by atoms with E-state index in [1.54, 1.807) is 12.5 Å². The van der Waals surface area contributed by atoms with E-state index in [4.69, 9.17) is 4.74 Å². The average molecular weight is 314 g/mol. The summed E-state index contributed by atoms with van der Waals surface area (Å²) < 4.78 is 17.3. The zero-order valence-corrected chi connectivity index (χ0v) is 14.4. The molecule has 0 heterocycles. The Morgan fingerprint density at radius 1 is 1.05 bits per heavy atom. The summed E-state index contributed by atoms with van der Waals surface area (Å²) in [5.41, 5.74) is 5.90. The van der Waals surface area contributed by atoms with Crippen LogP contribution in [0.1, 0.15) is 27.8 Å². The highest BCUT2D eigenvalue weighted by Gasteiger charge is 2.02. The third kappa shape index (κ3) is 4.31. The predicted octanol–water partition coefficient (Wildman–Crippen LogP) is 4.54. The van der Waals surface area contributed by atoms with Crippen LogP contribution in [0.2, 0.25) is 0 Å². The van der Waals surface area contributed by atoms with Gasteiger partial charge in [-0.15, -0.1) is 0 Å². The van der Waals surface area contributed by atoms with Gasteiger partial charge in [-0.1, -0.05) is 29.8 Å². The summed E-state index contributed by atoms with van der Waals surface area (Å²) in [6, 6.07) is 12.0. The van der Waals surface area contributed by atoms with Crippen LogP contribution in [-0.2, 0) is 16.6 Å². The Hall–Kier alpha value is -1.87. The van der Waals surface area contributed by atoms with Crippen LogP contribution in [0.25, 0.3) is 6.08 Å². The van der Waals surface area contributed by atoms with E-state index in [1.807, 2.05) is 30.3 Å². The van der Waals surface area contributed by atoms with Crippen molar-refractivity contribution in [2.24, 2.45) is 0 Å². The number of rotatable bonds is 5. The number of aryl methyl sites for hydroxylation is 3. The van der Waals surface area contributed by atoms with Crippen molar-refractivity contribution in [2.45, 2.75) is 26.5 Å². The van der Waals surface area contributed by atoms with Crippen LogP contribution >= 0.6 is 0 Å². The maximum absolute atomic E-state index is 12.2. The van der Waals surface area contributed by atoms with E-state index in [0.717, 1.165) is 16.9 Å². The molecule has 0 aromatic heterocycles. The summed E-state index contributed by atoms with van der Waals surface area (Å²) >= 11 is 0. The molecule has 0 saturated heterocycles. The minimum absolute atomic E-state index is 0.518. The molecule has 1 unspecified atom stereocenters. The van der Waals surface area contributed by atoms with E-state index >= 15 is 0 Å². The highest BCUT2D eigenvalue weighted by molar-refractivity contribution is 7.87. The first-order valence-electron chi connectivity index (χ1n) is 7.26. The second kappa shape index (κ2) is 7.41.